The Hall–Kier alpha value is -13.4. The number of hydrogen-bond acceptors (Lipinski definition) is 20. The summed E-state index contributed by atoms with van der Waals surface area (Å²) in [4.78, 5) is 90.4. The average Bonchev–Trinajstić information content (AvgIpc) is 0.972. The van der Waals surface area contributed by atoms with Crippen molar-refractivity contribution in [2.24, 2.45) is 0 Å². The largest absolute Gasteiger partial charge is 0.371 e. The van der Waals surface area contributed by atoms with Gasteiger partial charge in [0.05, 0.1) is 90.8 Å². The van der Waals surface area contributed by atoms with Gasteiger partial charge < -0.3 is 21.7 Å². The van der Waals surface area contributed by atoms with E-state index in [0.29, 0.717) is 73.7 Å². The molecule has 3 atom stereocenters. The number of nitrogens with two attached hydrogens (primary N) is 1. The molecule has 104 heavy (non-hydrogen) atoms. The monoisotopic (exact) mass is 1410 g/mol. The Balaban J connectivity index is 0.000000139. The minimum Gasteiger partial charge on any atom is -0.371 e. The second-order valence-corrected chi connectivity index (χ2v) is 26.7. The fourth-order valence-electron chi connectivity index (χ4n) is 12.3. The predicted octanol–water partition coefficient (Wildman–Crippen LogP) is 16.2. The van der Waals surface area contributed by atoms with Crippen LogP contribution in [0.5, 0.6) is 0 Å². The SMILES string of the molecule is Cc1cnc(N)nc1N[C@@H](C)c1nc2cccc(-c3ccnnc3)c2c(=O)n1-c1ccccc1.[C-]#[N+]c1cnc(C)nc1N[C@@H](C)c1cc2cccc(-c3cnc(C)s3)c2c(=O)n1-c1ccccc1.[C-]#[N+]c1cnc(C)nc1N[C@@H](C)c1cc2cccc(-c3cnc(C)s3)c2c(=O)n1-c1ccccc1. The Kier molecular flexibility index (Phi) is 20.1. The molecule has 5 N–H and O–H groups in total. The molecule has 0 spiro atoms. The van der Waals surface area contributed by atoms with Crippen LogP contribution in [0.1, 0.15) is 83.3 Å². The lowest BCUT2D eigenvalue weighted by molar-refractivity contribution is 0.730. The van der Waals surface area contributed by atoms with Crippen molar-refractivity contribution in [2.75, 3.05) is 21.7 Å². The number of aryl methyl sites for hydroxylation is 5. The maximum absolute atomic E-state index is 14.1. The number of pyridine rings is 2. The lowest BCUT2D eigenvalue weighted by atomic mass is 10.0. The van der Waals surface area contributed by atoms with Gasteiger partial charge in [-0.15, -0.1) is 22.7 Å². The number of nitrogens with zero attached hydrogens (tertiary/aromatic N) is 16. The normalized spacial score (nSPS) is 11.9. The Bertz CT molecular complexity index is 5750. The van der Waals surface area contributed by atoms with E-state index in [4.69, 9.17) is 23.9 Å². The molecular weight excluding hydrogens is 1340 g/mol. The van der Waals surface area contributed by atoms with Gasteiger partial charge >= 0.3 is 0 Å². The summed E-state index contributed by atoms with van der Waals surface area (Å²) in [5, 5.41) is 23.2. The first-order valence-corrected chi connectivity index (χ1v) is 34.6. The third-order valence-corrected chi connectivity index (χ3v) is 19.0. The molecule has 0 radical (unpaired) electrons. The lowest BCUT2D eigenvalue weighted by Gasteiger charge is -2.22. The molecule has 0 aliphatic heterocycles. The van der Waals surface area contributed by atoms with Crippen LogP contribution in [0.25, 0.3) is 91.2 Å². The van der Waals surface area contributed by atoms with Gasteiger partial charge in [-0.05, 0) is 132 Å². The number of rotatable bonds is 15. The van der Waals surface area contributed by atoms with E-state index in [2.05, 4.69) is 75.7 Å². The Labute approximate surface area is 604 Å². The van der Waals surface area contributed by atoms with Gasteiger partial charge in [-0.2, -0.15) is 15.2 Å². The molecule has 0 unspecified atom stereocenters. The fourth-order valence-corrected chi connectivity index (χ4v) is 13.9. The second kappa shape index (κ2) is 30.2. The van der Waals surface area contributed by atoms with Crippen molar-refractivity contribution in [3.8, 4) is 49.1 Å². The van der Waals surface area contributed by atoms with Crippen LogP contribution in [0, 0.1) is 47.8 Å². The zero-order valence-electron chi connectivity index (χ0n) is 57.6. The molecule has 9 heterocycles. The van der Waals surface area contributed by atoms with Crippen LogP contribution in [0.15, 0.2) is 222 Å². The van der Waals surface area contributed by atoms with E-state index in [1.807, 2.05) is 218 Å². The van der Waals surface area contributed by atoms with Crippen LogP contribution in [0.3, 0.4) is 0 Å². The van der Waals surface area contributed by atoms with Crippen LogP contribution in [-0.4, -0.2) is 68.8 Å². The molecule has 9 aromatic heterocycles. The zero-order chi connectivity index (χ0) is 72.7. The molecule has 0 fully saturated rings. The van der Waals surface area contributed by atoms with Crippen LogP contribution < -0.4 is 38.4 Å². The third kappa shape index (κ3) is 14.4. The third-order valence-electron chi connectivity index (χ3n) is 17.1. The van der Waals surface area contributed by atoms with E-state index in [-0.39, 0.29) is 40.8 Å². The first kappa shape index (κ1) is 69.1. The number of fused-ring (bicyclic) bond motifs is 3. The molecule has 25 heteroatoms. The number of benzene rings is 6. The predicted molar refractivity (Wildman–Crippen MR) is 413 cm³/mol. The standard InChI is InChI=1S/2C27H22N6OS.C25H22N8O/c2*1-16(31-26-22(28-4)14-29-17(2)32-26)23-13-19-9-8-12-21(24-15-30-18(3)35-24)25(19)27(34)33(23)20-10-6-5-7-11-20;1-15-13-27-25(26)32-22(15)30-16(2)23-31-20-10-6-9-19(17-11-12-28-29-14-17)21(20)24(34)33(23)18-7-4-3-5-8-18/h2*5-16H,1-3H3,(H,29,31,32);3-14,16H,1-2H3,(H3,26,27,30,32)/t3*16-/m000/s1. The average molecular weight is 1410 g/mol. The summed E-state index contributed by atoms with van der Waals surface area (Å²) in [6.45, 7) is 30.2. The van der Waals surface area contributed by atoms with Crippen molar-refractivity contribution < 1.29 is 0 Å². The topological polar surface area (TPSA) is 279 Å². The molecule has 0 saturated carbocycles. The Morgan fingerprint density at radius 2 is 0.904 bits per heavy atom. The van der Waals surface area contributed by atoms with Crippen molar-refractivity contribution in [3.63, 3.8) is 0 Å². The number of para-hydroxylation sites is 3. The highest BCUT2D eigenvalue weighted by molar-refractivity contribution is 7.15. The molecule has 23 nitrogen and oxygen atoms in total. The van der Waals surface area contributed by atoms with Crippen molar-refractivity contribution in [1.82, 2.24) is 68.8 Å². The summed E-state index contributed by atoms with van der Waals surface area (Å²) >= 11 is 3.14. The number of thiazole rings is 2. The molecule has 512 valence electrons. The summed E-state index contributed by atoms with van der Waals surface area (Å²) in [6, 6.07) is 50.9. The highest BCUT2D eigenvalue weighted by Crippen LogP contribution is 2.37. The van der Waals surface area contributed by atoms with E-state index in [1.165, 1.54) is 12.4 Å². The quantitative estimate of drug-likeness (QED) is 0.0694. The van der Waals surface area contributed by atoms with Crippen LogP contribution in [0.4, 0.5) is 34.8 Å². The zero-order valence-corrected chi connectivity index (χ0v) is 59.3. The van der Waals surface area contributed by atoms with E-state index < -0.39 is 0 Å². The van der Waals surface area contributed by atoms with Crippen molar-refractivity contribution >= 4 is 89.9 Å². The molecule has 0 saturated heterocycles. The van der Waals surface area contributed by atoms with Gasteiger partial charge in [-0.3, -0.25) is 38.1 Å². The van der Waals surface area contributed by atoms with Gasteiger partial charge in [0.2, 0.25) is 17.3 Å². The van der Waals surface area contributed by atoms with Crippen LogP contribution in [0.2, 0.25) is 0 Å². The number of hydrogen-bond donors (Lipinski definition) is 4. The Morgan fingerprint density at radius 1 is 0.442 bits per heavy atom. The first-order chi connectivity index (χ1) is 50.4. The van der Waals surface area contributed by atoms with Crippen molar-refractivity contribution in [3.05, 3.63) is 306 Å². The number of nitrogens with one attached hydrogen (secondary N) is 3. The molecule has 15 rings (SSSR count). The fraction of sp³-hybridized carbons (Fsp3) is 0.139. The van der Waals surface area contributed by atoms with E-state index in [9.17, 15) is 14.4 Å². The summed E-state index contributed by atoms with van der Waals surface area (Å²) in [5.41, 5.74) is 14.6. The van der Waals surface area contributed by atoms with Gasteiger partial charge in [0.15, 0.2) is 0 Å². The highest BCUT2D eigenvalue weighted by atomic mass is 32.1. The summed E-state index contributed by atoms with van der Waals surface area (Å²) < 4.78 is 5.11. The van der Waals surface area contributed by atoms with E-state index >= 15 is 0 Å². The van der Waals surface area contributed by atoms with Gasteiger partial charge in [-0.25, -0.2) is 39.6 Å². The molecule has 15 aromatic rings. The maximum Gasteiger partial charge on any atom is 0.266 e. The molecule has 0 aliphatic carbocycles. The summed E-state index contributed by atoms with van der Waals surface area (Å²) in [6.07, 6.45) is 11.6. The summed E-state index contributed by atoms with van der Waals surface area (Å²) in [5.74, 6) is 3.33. The van der Waals surface area contributed by atoms with Gasteiger partial charge in [0.1, 0.15) is 34.9 Å². The minimum atomic E-state index is -0.364. The van der Waals surface area contributed by atoms with Gasteiger partial charge in [0, 0.05) is 76.0 Å². The van der Waals surface area contributed by atoms with E-state index in [1.54, 1.807) is 68.8 Å². The second-order valence-electron chi connectivity index (χ2n) is 24.3. The molecule has 0 bridgehead atoms. The van der Waals surface area contributed by atoms with Crippen molar-refractivity contribution in [2.45, 2.75) is 73.5 Å². The van der Waals surface area contributed by atoms with Gasteiger partial charge in [-0.1, -0.05) is 103 Å². The molecule has 6 aromatic carbocycles. The summed E-state index contributed by atoms with van der Waals surface area (Å²) in [7, 11) is 0. The first-order valence-electron chi connectivity index (χ1n) is 33.0. The smallest absolute Gasteiger partial charge is 0.266 e. The van der Waals surface area contributed by atoms with E-state index in [0.717, 1.165) is 81.1 Å². The van der Waals surface area contributed by atoms with Crippen LogP contribution in [-0.2, 0) is 0 Å². The van der Waals surface area contributed by atoms with Crippen LogP contribution >= 0.6 is 22.7 Å². The van der Waals surface area contributed by atoms with Crippen molar-refractivity contribution in [1.29, 1.82) is 0 Å². The highest BCUT2D eigenvalue weighted by Gasteiger charge is 2.25. The molecule has 0 aliphatic rings. The number of aromatic nitrogens is 14. The van der Waals surface area contributed by atoms with Gasteiger partial charge in [0.25, 0.3) is 16.7 Å². The maximum atomic E-state index is 14.1. The molecular formula is C79H66N20O3S2. The minimum absolute atomic E-state index is 0.108. The Morgan fingerprint density at radius 3 is 1.37 bits per heavy atom. The lowest BCUT2D eigenvalue weighted by Crippen LogP contribution is -2.28. The number of nitrogen functional groups attached to an aromatic ring is 1. The molecule has 0 amide bonds. The number of anilines is 4.